The fourth-order valence-electron chi connectivity index (χ4n) is 9.15. The van der Waals surface area contributed by atoms with Crippen molar-refractivity contribution in [2.24, 2.45) is 5.92 Å². The molecule has 5 nitrogen and oxygen atoms in total. The predicted octanol–water partition coefficient (Wildman–Crippen LogP) is 4.69. The van der Waals surface area contributed by atoms with Crippen LogP contribution in [0.1, 0.15) is 66.2 Å². The second kappa shape index (κ2) is 6.68. The SMILES string of the molecule is COc1ccc2c3c1O[C@H]1c4c(c5cccc6c5n4CCCC6)C[C@@]4(O)[C@H](C2)N(CC2CC2)CC[C@]314. The first-order valence-electron chi connectivity index (χ1n) is 14.1. The van der Waals surface area contributed by atoms with E-state index >= 15 is 0 Å². The molecule has 2 fully saturated rings. The highest BCUT2D eigenvalue weighted by Gasteiger charge is 2.73. The van der Waals surface area contributed by atoms with Gasteiger partial charge in [-0.05, 0) is 80.2 Å². The first-order valence-corrected chi connectivity index (χ1v) is 14.1. The van der Waals surface area contributed by atoms with Gasteiger partial charge in [-0.2, -0.15) is 0 Å². The van der Waals surface area contributed by atoms with E-state index in [0.29, 0.717) is 0 Å². The summed E-state index contributed by atoms with van der Waals surface area (Å²) in [6.07, 6.45) is 8.63. The summed E-state index contributed by atoms with van der Waals surface area (Å²) in [6.45, 7) is 3.21. The number of aryl methyl sites for hydroxylation is 2. The highest BCUT2D eigenvalue weighted by Crippen LogP contribution is 2.69. The highest BCUT2D eigenvalue weighted by atomic mass is 16.5. The molecule has 6 aliphatic rings. The minimum Gasteiger partial charge on any atom is -0.493 e. The second-order valence-corrected chi connectivity index (χ2v) is 12.4. The molecule has 1 saturated heterocycles. The Kier molecular flexibility index (Phi) is 3.81. The molecule has 0 radical (unpaired) electrons. The smallest absolute Gasteiger partial charge is 0.166 e. The van der Waals surface area contributed by atoms with Crippen LogP contribution in [0, 0.1) is 5.92 Å². The molecule has 3 aromatic rings. The van der Waals surface area contributed by atoms with Crippen LogP contribution < -0.4 is 9.47 Å². The zero-order valence-electron chi connectivity index (χ0n) is 21.1. The van der Waals surface area contributed by atoms with Gasteiger partial charge in [0.15, 0.2) is 17.6 Å². The lowest BCUT2D eigenvalue weighted by molar-refractivity contribution is -0.173. The van der Waals surface area contributed by atoms with Crippen molar-refractivity contribution in [1.82, 2.24) is 9.47 Å². The Morgan fingerprint density at radius 2 is 2.03 bits per heavy atom. The maximum Gasteiger partial charge on any atom is 0.166 e. The molecule has 0 unspecified atom stereocenters. The van der Waals surface area contributed by atoms with E-state index in [0.717, 1.165) is 62.7 Å². The fourth-order valence-corrected chi connectivity index (χ4v) is 9.15. The third-order valence-electron chi connectivity index (χ3n) is 10.8. The van der Waals surface area contributed by atoms with Crippen LogP contribution in [0.15, 0.2) is 30.3 Å². The summed E-state index contributed by atoms with van der Waals surface area (Å²) in [5.74, 6) is 2.52. The number of ether oxygens (including phenoxy) is 2. The van der Waals surface area contributed by atoms with Gasteiger partial charge in [0.25, 0.3) is 0 Å². The van der Waals surface area contributed by atoms with E-state index in [2.05, 4.69) is 39.8 Å². The maximum atomic E-state index is 13.1. The van der Waals surface area contributed by atoms with Gasteiger partial charge in [0.05, 0.1) is 29.3 Å². The number of hydrogen-bond acceptors (Lipinski definition) is 4. The van der Waals surface area contributed by atoms with Gasteiger partial charge in [0, 0.05) is 36.5 Å². The molecule has 0 amide bonds. The van der Waals surface area contributed by atoms with Crippen LogP contribution in [-0.4, -0.2) is 46.4 Å². The predicted molar refractivity (Wildman–Crippen MR) is 138 cm³/mol. The molecule has 2 bridgehead atoms. The lowest BCUT2D eigenvalue weighted by atomic mass is 9.49. The zero-order chi connectivity index (χ0) is 23.8. The summed E-state index contributed by atoms with van der Waals surface area (Å²) in [4.78, 5) is 2.66. The van der Waals surface area contributed by atoms with E-state index in [1.807, 2.05) is 0 Å². The number of benzene rings is 2. The quantitative estimate of drug-likeness (QED) is 0.589. The summed E-state index contributed by atoms with van der Waals surface area (Å²) in [6, 6.07) is 11.3. The number of piperidine rings is 1. The first kappa shape index (κ1) is 20.5. The molecule has 186 valence electrons. The molecule has 1 spiro atoms. The molecule has 1 aromatic heterocycles. The largest absolute Gasteiger partial charge is 0.493 e. The number of aromatic nitrogens is 1. The van der Waals surface area contributed by atoms with E-state index in [9.17, 15) is 5.11 Å². The van der Waals surface area contributed by atoms with Crippen molar-refractivity contribution in [2.45, 2.75) is 81.1 Å². The third kappa shape index (κ3) is 2.24. The van der Waals surface area contributed by atoms with Crippen molar-refractivity contribution in [3.8, 4) is 11.5 Å². The minimum absolute atomic E-state index is 0.132. The van der Waals surface area contributed by atoms with Crippen molar-refractivity contribution < 1.29 is 14.6 Å². The first-order chi connectivity index (χ1) is 17.6. The van der Waals surface area contributed by atoms with Crippen LogP contribution in [-0.2, 0) is 31.2 Å². The normalized spacial score (nSPS) is 33.6. The summed E-state index contributed by atoms with van der Waals surface area (Å²) in [7, 11) is 1.74. The van der Waals surface area contributed by atoms with Crippen LogP contribution in [0.3, 0.4) is 0 Å². The van der Waals surface area contributed by atoms with Gasteiger partial charge in [-0.25, -0.2) is 0 Å². The van der Waals surface area contributed by atoms with Crippen LogP contribution in [0.5, 0.6) is 11.5 Å². The van der Waals surface area contributed by atoms with E-state index < -0.39 is 11.0 Å². The standard InChI is InChI=1S/C31H34N2O3/c1-35-23-11-10-20-15-24-31(34)16-22-21-7-4-6-19-5-2-3-13-33(26(19)21)27(22)29-30(31,25(20)28(23)36-29)12-14-32(24)17-18-8-9-18/h4,6-7,10-11,18,24,29,34H,2-3,5,8-9,12-17H2,1H3/t24-,29-,30-,31+/m0/s1. The van der Waals surface area contributed by atoms with E-state index in [1.54, 1.807) is 7.11 Å². The van der Waals surface area contributed by atoms with E-state index in [1.165, 1.54) is 64.5 Å². The van der Waals surface area contributed by atoms with Crippen molar-refractivity contribution in [3.05, 3.63) is 58.3 Å². The summed E-state index contributed by atoms with van der Waals surface area (Å²) < 4.78 is 15.5. The van der Waals surface area contributed by atoms with Gasteiger partial charge in [-0.3, -0.25) is 4.90 Å². The number of rotatable bonds is 3. The number of methoxy groups -OCH3 is 1. The Morgan fingerprint density at radius 3 is 2.89 bits per heavy atom. The summed E-state index contributed by atoms with van der Waals surface area (Å²) in [5.41, 5.74) is 6.89. The van der Waals surface area contributed by atoms with Gasteiger partial charge in [0.2, 0.25) is 0 Å². The Hall–Kier alpha value is -2.50. The monoisotopic (exact) mass is 482 g/mol. The Balaban J connectivity index is 1.35. The summed E-state index contributed by atoms with van der Waals surface area (Å²) in [5, 5.41) is 14.5. The molecule has 4 atom stereocenters. The molecule has 1 saturated carbocycles. The average Bonchev–Trinajstić information content (AvgIpc) is 3.60. The molecule has 9 rings (SSSR count). The number of aliphatic hydroxyl groups is 1. The average molecular weight is 483 g/mol. The lowest BCUT2D eigenvalue weighted by Crippen LogP contribution is -2.74. The van der Waals surface area contributed by atoms with E-state index in [4.69, 9.17) is 9.47 Å². The van der Waals surface area contributed by atoms with Crippen molar-refractivity contribution >= 4 is 10.9 Å². The zero-order valence-corrected chi connectivity index (χ0v) is 21.1. The van der Waals surface area contributed by atoms with Crippen LogP contribution in [0.2, 0.25) is 0 Å². The van der Waals surface area contributed by atoms with E-state index in [-0.39, 0.29) is 12.1 Å². The fraction of sp³-hybridized carbons (Fsp3) is 0.548. The minimum atomic E-state index is -0.846. The topological polar surface area (TPSA) is 46.9 Å². The van der Waals surface area contributed by atoms with Crippen molar-refractivity contribution in [2.75, 3.05) is 20.2 Å². The molecule has 5 heteroatoms. The maximum absolute atomic E-state index is 13.1. The number of likely N-dealkylation sites (tertiary alicyclic amines) is 1. The van der Waals surface area contributed by atoms with Crippen molar-refractivity contribution in [1.29, 1.82) is 0 Å². The molecular weight excluding hydrogens is 448 g/mol. The molecular formula is C31H34N2O3. The Labute approximate surface area is 212 Å². The number of nitrogens with zero attached hydrogens (tertiary/aromatic N) is 2. The molecule has 2 aromatic carbocycles. The molecule has 3 aliphatic carbocycles. The number of fused-ring (bicyclic) bond motifs is 4. The van der Waals surface area contributed by atoms with Gasteiger partial charge >= 0.3 is 0 Å². The van der Waals surface area contributed by atoms with Gasteiger partial charge in [-0.1, -0.05) is 24.3 Å². The number of hydrogen-bond donors (Lipinski definition) is 1. The molecule has 4 heterocycles. The highest BCUT2D eigenvalue weighted by molar-refractivity contribution is 5.90. The van der Waals surface area contributed by atoms with Gasteiger partial charge < -0.3 is 19.1 Å². The number of para-hydroxylation sites is 1. The van der Waals surface area contributed by atoms with Crippen LogP contribution in [0.4, 0.5) is 0 Å². The third-order valence-corrected chi connectivity index (χ3v) is 10.8. The Morgan fingerprint density at radius 1 is 1.11 bits per heavy atom. The summed E-state index contributed by atoms with van der Waals surface area (Å²) >= 11 is 0. The Bertz CT molecular complexity index is 1450. The second-order valence-electron chi connectivity index (χ2n) is 12.4. The van der Waals surface area contributed by atoms with Gasteiger partial charge in [-0.15, -0.1) is 0 Å². The van der Waals surface area contributed by atoms with Crippen molar-refractivity contribution in [3.63, 3.8) is 0 Å². The molecule has 36 heavy (non-hydrogen) atoms. The van der Waals surface area contributed by atoms with Crippen LogP contribution >= 0.6 is 0 Å². The van der Waals surface area contributed by atoms with Gasteiger partial charge in [0.1, 0.15) is 0 Å². The van der Waals surface area contributed by atoms with Crippen LogP contribution in [0.25, 0.3) is 10.9 Å². The molecule has 1 N–H and O–H groups in total. The molecule has 3 aliphatic heterocycles. The lowest BCUT2D eigenvalue weighted by Gasteiger charge is -2.63.